The molecule has 0 amide bonds. The van der Waals surface area contributed by atoms with Gasteiger partial charge in [-0.05, 0) is 52.8 Å². The molecule has 3 heterocycles. The number of aliphatic hydroxyl groups excluding tert-OH is 1. The Morgan fingerprint density at radius 2 is 1.91 bits per heavy atom. The molecule has 5 rings (SSSR count). The molecule has 0 bridgehead atoms. The van der Waals surface area contributed by atoms with Gasteiger partial charge in [0.2, 0.25) is 0 Å². The molecule has 1 atom stereocenters. The molecule has 0 radical (unpaired) electrons. The third-order valence-corrected chi connectivity index (χ3v) is 6.25. The molecular weight excluding hydrogens is 404 g/mol. The fourth-order valence-electron chi connectivity index (χ4n) is 4.52. The molecule has 4 aromatic rings. The minimum Gasteiger partial charge on any atom is -0.393 e. The number of hydrogen-bond donors (Lipinski definition) is 2. The normalized spacial score (nSPS) is 16.4. The lowest BCUT2D eigenvalue weighted by molar-refractivity contribution is 0.0659. The number of rotatable bonds is 5. The van der Waals surface area contributed by atoms with Crippen molar-refractivity contribution in [1.82, 2.24) is 30.1 Å². The van der Waals surface area contributed by atoms with Crippen LogP contribution in [0.25, 0.3) is 10.9 Å². The summed E-state index contributed by atoms with van der Waals surface area (Å²) in [5.74, 6) is 0.628. The van der Waals surface area contributed by atoms with E-state index in [1.165, 1.54) is 0 Å². The van der Waals surface area contributed by atoms with E-state index in [9.17, 15) is 9.90 Å². The third kappa shape index (κ3) is 3.94. The van der Waals surface area contributed by atoms with Crippen molar-refractivity contribution < 1.29 is 5.11 Å². The van der Waals surface area contributed by atoms with Crippen LogP contribution >= 0.6 is 0 Å². The number of nitrogens with one attached hydrogen (secondary N) is 1. The van der Waals surface area contributed by atoms with Gasteiger partial charge in [-0.15, -0.1) is 5.10 Å². The topological polar surface area (TPSA) is 99.9 Å². The highest BCUT2D eigenvalue weighted by Crippen LogP contribution is 2.30. The number of piperidine rings is 1. The summed E-state index contributed by atoms with van der Waals surface area (Å²) in [5.41, 5.74) is 3.42. The number of benzene rings is 2. The number of nitrogens with zero attached hydrogens (tertiary/aromatic N) is 5. The number of aliphatic hydroxyl groups is 1. The Kier molecular flexibility index (Phi) is 5.55. The standard InChI is InChI=1S/C24H26N6O2/c1-16-6-5-9-18-14-20(24(32)25-21(16)18)22(29-12-10-19(31)11-13-29)23-26-27-28-30(23)15-17-7-3-2-4-8-17/h2-9,14,19,22,31H,10-13,15H2,1H3,(H,25,32). The number of para-hydroxylation sites is 1. The van der Waals surface area contributed by atoms with Crippen LogP contribution in [0, 0.1) is 6.92 Å². The molecule has 164 valence electrons. The Labute approximate surface area is 185 Å². The summed E-state index contributed by atoms with van der Waals surface area (Å²) >= 11 is 0. The van der Waals surface area contributed by atoms with Crippen LogP contribution in [0.3, 0.4) is 0 Å². The van der Waals surface area contributed by atoms with Crippen LogP contribution in [0.1, 0.15) is 41.4 Å². The minimum absolute atomic E-state index is 0.141. The van der Waals surface area contributed by atoms with Gasteiger partial charge in [-0.2, -0.15) is 0 Å². The lowest BCUT2D eigenvalue weighted by Gasteiger charge is -2.35. The Morgan fingerprint density at radius 3 is 2.69 bits per heavy atom. The van der Waals surface area contributed by atoms with Crippen molar-refractivity contribution in [2.45, 2.75) is 38.5 Å². The molecule has 0 spiro atoms. The maximum atomic E-state index is 13.3. The SMILES string of the molecule is Cc1cccc2cc(C(c3nnnn3Cc3ccccc3)N3CCC(O)CC3)c(=O)[nH]c12. The number of likely N-dealkylation sites (tertiary alicyclic amines) is 1. The molecule has 2 aromatic carbocycles. The molecule has 0 saturated carbocycles. The first kappa shape index (κ1) is 20.5. The Morgan fingerprint density at radius 1 is 1.12 bits per heavy atom. The minimum atomic E-state index is -0.408. The molecule has 8 nitrogen and oxygen atoms in total. The van der Waals surface area contributed by atoms with Gasteiger partial charge in [0.05, 0.1) is 18.2 Å². The highest BCUT2D eigenvalue weighted by Gasteiger charge is 2.32. The van der Waals surface area contributed by atoms with Gasteiger partial charge < -0.3 is 10.1 Å². The number of aromatic amines is 1. The molecule has 1 aliphatic heterocycles. The smallest absolute Gasteiger partial charge is 0.253 e. The van der Waals surface area contributed by atoms with Gasteiger partial charge >= 0.3 is 0 Å². The van der Waals surface area contributed by atoms with Gasteiger partial charge in [0.25, 0.3) is 5.56 Å². The van der Waals surface area contributed by atoms with E-state index in [2.05, 4.69) is 25.4 Å². The highest BCUT2D eigenvalue weighted by molar-refractivity contribution is 5.82. The van der Waals surface area contributed by atoms with E-state index < -0.39 is 6.04 Å². The monoisotopic (exact) mass is 430 g/mol. The highest BCUT2D eigenvalue weighted by atomic mass is 16.3. The predicted octanol–water partition coefficient (Wildman–Crippen LogP) is 2.42. The maximum absolute atomic E-state index is 13.3. The third-order valence-electron chi connectivity index (χ3n) is 6.25. The van der Waals surface area contributed by atoms with Gasteiger partial charge in [-0.3, -0.25) is 9.69 Å². The summed E-state index contributed by atoms with van der Waals surface area (Å²) < 4.78 is 1.77. The second-order valence-corrected chi connectivity index (χ2v) is 8.44. The van der Waals surface area contributed by atoms with E-state index in [0.29, 0.717) is 43.9 Å². The van der Waals surface area contributed by atoms with E-state index in [4.69, 9.17) is 0 Å². The van der Waals surface area contributed by atoms with Crippen LogP contribution in [-0.4, -0.2) is 54.4 Å². The lowest BCUT2D eigenvalue weighted by atomic mass is 9.99. The molecule has 2 aromatic heterocycles. The number of H-pyrrole nitrogens is 1. The van der Waals surface area contributed by atoms with Crippen LogP contribution in [0.4, 0.5) is 0 Å². The van der Waals surface area contributed by atoms with Crippen LogP contribution in [0.2, 0.25) is 0 Å². The lowest BCUT2D eigenvalue weighted by Crippen LogP contribution is -2.41. The first-order valence-corrected chi connectivity index (χ1v) is 10.9. The first-order chi connectivity index (χ1) is 15.6. The number of hydrogen-bond acceptors (Lipinski definition) is 6. The molecule has 8 heteroatoms. The number of aryl methyl sites for hydroxylation is 1. The van der Waals surface area contributed by atoms with Crippen LogP contribution in [0.5, 0.6) is 0 Å². The molecule has 1 fully saturated rings. The summed E-state index contributed by atoms with van der Waals surface area (Å²) in [7, 11) is 0. The first-order valence-electron chi connectivity index (χ1n) is 10.9. The Hall–Kier alpha value is -3.36. The Bertz CT molecular complexity index is 1270. The van der Waals surface area contributed by atoms with Crippen molar-refractivity contribution in [3.8, 4) is 0 Å². The van der Waals surface area contributed by atoms with Gasteiger partial charge in [0, 0.05) is 18.7 Å². The van der Waals surface area contributed by atoms with Crippen molar-refractivity contribution in [3.05, 3.63) is 87.5 Å². The average Bonchev–Trinajstić information content (AvgIpc) is 3.24. The van der Waals surface area contributed by atoms with Crippen molar-refractivity contribution in [1.29, 1.82) is 0 Å². The summed E-state index contributed by atoms with van der Waals surface area (Å²) in [4.78, 5) is 18.6. The van der Waals surface area contributed by atoms with E-state index in [1.54, 1.807) is 4.68 Å². The number of fused-ring (bicyclic) bond motifs is 1. The van der Waals surface area contributed by atoms with Gasteiger partial charge in [0.1, 0.15) is 6.04 Å². The fourth-order valence-corrected chi connectivity index (χ4v) is 4.52. The molecule has 0 aliphatic carbocycles. The molecular formula is C24H26N6O2. The van der Waals surface area contributed by atoms with Gasteiger partial charge in [-0.1, -0.05) is 48.5 Å². The molecule has 1 aliphatic rings. The van der Waals surface area contributed by atoms with Crippen LogP contribution < -0.4 is 5.56 Å². The van der Waals surface area contributed by atoms with Gasteiger partial charge in [0.15, 0.2) is 5.82 Å². The number of aromatic nitrogens is 5. The summed E-state index contributed by atoms with van der Waals surface area (Å²) in [5, 5.41) is 23.6. The molecule has 1 unspecified atom stereocenters. The van der Waals surface area contributed by atoms with Crippen LogP contribution in [-0.2, 0) is 6.54 Å². The number of tetrazole rings is 1. The number of pyridine rings is 1. The van der Waals surface area contributed by atoms with Crippen molar-refractivity contribution in [2.75, 3.05) is 13.1 Å². The molecule has 2 N–H and O–H groups in total. The summed E-state index contributed by atoms with van der Waals surface area (Å²) in [6.07, 6.45) is 0.993. The van der Waals surface area contributed by atoms with E-state index in [-0.39, 0.29) is 11.7 Å². The van der Waals surface area contributed by atoms with E-state index in [0.717, 1.165) is 22.0 Å². The van der Waals surface area contributed by atoms with Gasteiger partial charge in [-0.25, -0.2) is 4.68 Å². The quantitative estimate of drug-likeness (QED) is 0.504. The zero-order valence-electron chi connectivity index (χ0n) is 18.0. The zero-order chi connectivity index (χ0) is 22.1. The van der Waals surface area contributed by atoms with Crippen LogP contribution in [0.15, 0.2) is 59.4 Å². The van der Waals surface area contributed by atoms with Crippen molar-refractivity contribution in [2.24, 2.45) is 0 Å². The predicted molar refractivity (Wildman–Crippen MR) is 121 cm³/mol. The summed E-state index contributed by atoms with van der Waals surface area (Å²) in [6.45, 7) is 3.83. The summed E-state index contributed by atoms with van der Waals surface area (Å²) in [6, 6.07) is 17.5. The zero-order valence-corrected chi connectivity index (χ0v) is 18.0. The Balaban J connectivity index is 1.62. The molecule has 1 saturated heterocycles. The fraction of sp³-hybridized carbons (Fsp3) is 0.333. The van der Waals surface area contributed by atoms with E-state index >= 15 is 0 Å². The largest absolute Gasteiger partial charge is 0.393 e. The van der Waals surface area contributed by atoms with Crippen molar-refractivity contribution >= 4 is 10.9 Å². The van der Waals surface area contributed by atoms with E-state index in [1.807, 2.05) is 61.5 Å². The maximum Gasteiger partial charge on any atom is 0.253 e. The second-order valence-electron chi connectivity index (χ2n) is 8.44. The molecule has 32 heavy (non-hydrogen) atoms. The van der Waals surface area contributed by atoms with Crippen molar-refractivity contribution in [3.63, 3.8) is 0 Å². The average molecular weight is 431 g/mol. The second kappa shape index (κ2) is 8.64.